The van der Waals surface area contributed by atoms with Crippen LogP contribution >= 0.6 is 0 Å². The molecule has 8 heteroatoms. The van der Waals surface area contributed by atoms with E-state index in [2.05, 4.69) is 4.98 Å². The number of nitrogens with one attached hydrogen (secondary N) is 1. The number of ether oxygens (including phenoxy) is 2. The molecule has 0 radical (unpaired) electrons. The van der Waals surface area contributed by atoms with Crippen molar-refractivity contribution in [1.29, 1.82) is 0 Å². The lowest BCUT2D eigenvalue weighted by atomic mass is 9.98. The molecule has 3 aromatic rings. The van der Waals surface area contributed by atoms with Gasteiger partial charge in [0.2, 0.25) is 0 Å². The van der Waals surface area contributed by atoms with Crippen molar-refractivity contribution in [2.24, 2.45) is 0 Å². The number of hydrogen-bond acceptors (Lipinski definition) is 6. The summed E-state index contributed by atoms with van der Waals surface area (Å²) in [6, 6.07) is 12.5. The summed E-state index contributed by atoms with van der Waals surface area (Å²) in [6.45, 7) is 0. The van der Waals surface area contributed by atoms with Crippen LogP contribution in [0, 0.1) is 0 Å². The normalized spacial score (nSPS) is 13.2. The minimum absolute atomic E-state index is 0.0582. The molecule has 0 saturated carbocycles. The van der Waals surface area contributed by atoms with Gasteiger partial charge in [-0.1, -0.05) is 24.3 Å². The Kier molecular flexibility index (Phi) is 5.82. The number of aromatic amines is 1. The lowest BCUT2D eigenvalue weighted by molar-refractivity contribution is -0.139. The molecule has 1 aromatic heterocycles. The minimum atomic E-state index is -1.19. The number of carboxylic acid groups (broad SMARTS) is 1. The quantitative estimate of drug-likeness (QED) is 0.572. The van der Waals surface area contributed by atoms with Crippen LogP contribution in [0.25, 0.3) is 22.0 Å². The van der Waals surface area contributed by atoms with Gasteiger partial charge in [0.05, 0.1) is 31.0 Å². The second kappa shape index (κ2) is 8.88. The molecule has 1 aliphatic heterocycles. The summed E-state index contributed by atoms with van der Waals surface area (Å²) in [4.78, 5) is 41.8. The summed E-state index contributed by atoms with van der Waals surface area (Å²) >= 11 is 0. The van der Waals surface area contributed by atoms with Gasteiger partial charge in [0.1, 0.15) is 5.70 Å². The summed E-state index contributed by atoms with van der Waals surface area (Å²) in [5.74, 6) is -2.77. The van der Waals surface area contributed by atoms with Crippen molar-refractivity contribution in [2.45, 2.75) is 0 Å². The average Bonchev–Trinajstić information content (AvgIpc) is 3.21. The van der Waals surface area contributed by atoms with E-state index in [9.17, 15) is 19.5 Å². The SMILES string of the molecule is COC(=O)C1=C(C(=O)OC)N(c2cc(-c3cccc4[nH]ccc34)ccc2C(=O)O)C=CC=C1. The Labute approximate surface area is 189 Å². The van der Waals surface area contributed by atoms with Crippen LogP contribution in [0.5, 0.6) is 0 Å². The molecule has 2 heterocycles. The molecular formula is C25H20N2O6. The van der Waals surface area contributed by atoms with E-state index in [1.165, 1.54) is 37.5 Å². The number of methoxy groups -OCH3 is 2. The van der Waals surface area contributed by atoms with Crippen LogP contribution in [0.1, 0.15) is 10.4 Å². The number of aromatic carboxylic acids is 1. The molecule has 0 amide bonds. The Balaban J connectivity index is 1.98. The average molecular weight is 444 g/mol. The van der Waals surface area contributed by atoms with E-state index in [4.69, 9.17) is 9.47 Å². The van der Waals surface area contributed by atoms with E-state index in [0.717, 1.165) is 22.0 Å². The number of anilines is 1. The zero-order valence-corrected chi connectivity index (χ0v) is 17.9. The minimum Gasteiger partial charge on any atom is -0.478 e. The second-order valence-electron chi connectivity index (χ2n) is 7.10. The Morgan fingerprint density at radius 2 is 1.76 bits per heavy atom. The fraction of sp³-hybridized carbons (Fsp3) is 0.0800. The first kappa shape index (κ1) is 21.6. The number of H-pyrrole nitrogens is 1. The number of benzene rings is 2. The topological polar surface area (TPSA) is 109 Å². The van der Waals surface area contributed by atoms with E-state index in [0.29, 0.717) is 0 Å². The lowest BCUT2D eigenvalue weighted by Crippen LogP contribution is -2.28. The van der Waals surface area contributed by atoms with Gasteiger partial charge >= 0.3 is 17.9 Å². The van der Waals surface area contributed by atoms with E-state index in [1.54, 1.807) is 24.3 Å². The maximum absolute atomic E-state index is 12.8. The Morgan fingerprint density at radius 3 is 2.48 bits per heavy atom. The number of hydrogen-bond donors (Lipinski definition) is 2. The van der Waals surface area contributed by atoms with Crippen LogP contribution in [-0.4, -0.2) is 42.2 Å². The van der Waals surface area contributed by atoms with Gasteiger partial charge in [0, 0.05) is 23.3 Å². The zero-order valence-electron chi connectivity index (χ0n) is 17.9. The highest BCUT2D eigenvalue weighted by atomic mass is 16.5. The van der Waals surface area contributed by atoms with Crippen LogP contribution in [0.3, 0.4) is 0 Å². The summed E-state index contributed by atoms with van der Waals surface area (Å²) in [5.41, 5.74) is 2.44. The third kappa shape index (κ3) is 3.89. The van der Waals surface area contributed by atoms with Crippen LogP contribution in [0.4, 0.5) is 5.69 Å². The van der Waals surface area contributed by atoms with Crippen molar-refractivity contribution in [1.82, 2.24) is 4.98 Å². The lowest BCUT2D eigenvalue weighted by Gasteiger charge is -2.25. The Morgan fingerprint density at radius 1 is 0.970 bits per heavy atom. The van der Waals surface area contributed by atoms with Gasteiger partial charge in [-0.15, -0.1) is 0 Å². The zero-order chi connectivity index (χ0) is 23.5. The Bertz CT molecular complexity index is 1360. The molecule has 2 N–H and O–H groups in total. The predicted molar refractivity (Wildman–Crippen MR) is 123 cm³/mol. The van der Waals surface area contributed by atoms with Crippen LogP contribution < -0.4 is 4.90 Å². The first-order chi connectivity index (χ1) is 16.0. The molecule has 33 heavy (non-hydrogen) atoms. The molecule has 0 fully saturated rings. The molecule has 0 atom stereocenters. The van der Waals surface area contributed by atoms with Gasteiger partial charge in [-0.05, 0) is 47.5 Å². The van der Waals surface area contributed by atoms with Gasteiger partial charge in [-0.2, -0.15) is 0 Å². The fourth-order valence-electron chi connectivity index (χ4n) is 3.77. The van der Waals surface area contributed by atoms with Crippen LogP contribution in [0.15, 0.2) is 84.4 Å². The Hall–Kier alpha value is -4.59. The predicted octanol–water partition coefficient (Wildman–Crippen LogP) is 4.02. The third-order valence-corrected chi connectivity index (χ3v) is 5.28. The largest absolute Gasteiger partial charge is 0.478 e. The van der Waals surface area contributed by atoms with E-state index in [1.807, 2.05) is 30.5 Å². The number of carbonyl (C=O) groups is 3. The monoisotopic (exact) mass is 444 g/mol. The number of carbonyl (C=O) groups excluding carboxylic acids is 2. The molecule has 0 spiro atoms. The second-order valence-corrected chi connectivity index (χ2v) is 7.10. The van der Waals surface area contributed by atoms with Gasteiger partial charge < -0.3 is 24.5 Å². The summed E-state index contributed by atoms with van der Waals surface area (Å²) < 4.78 is 9.75. The van der Waals surface area contributed by atoms with Crippen molar-refractivity contribution < 1.29 is 29.0 Å². The molecule has 0 aliphatic carbocycles. The van der Waals surface area contributed by atoms with Crippen molar-refractivity contribution >= 4 is 34.5 Å². The standard InChI is InChI=1S/C25H20N2O6/c1-32-24(30)19-6-3-4-13-27(22(19)25(31)33-2)21-14-15(9-10-18(21)23(28)29)16-7-5-8-20-17(16)11-12-26-20/h3-14,26H,1-2H3,(H,28,29). The fourth-order valence-corrected chi connectivity index (χ4v) is 3.77. The highest BCUT2D eigenvalue weighted by Gasteiger charge is 2.30. The maximum Gasteiger partial charge on any atom is 0.355 e. The first-order valence-electron chi connectivity index (χ1n) is 9.95. The van der Waals surface area contributed by atoms with Crippen LogP contribution in [-0.2, 0) is 19.1 Å². The van der Waals surface area contributed by atoms with Gasteiger partial charge in [0.15, 0.2) is 0 Å². The highest BCUT2D eigenvalue weighted by molar-refractivity contribution is 6.07. The molecular weight excluding hydrogens is 424 g/mol. The summed E-state index contributed by atoms with van der Waals surface area (Å²) in [7, 11) is 2.38. The molecule has 2 aromatic carbocycles. The van der Waals surface area contributed by atoms with Gasteiger partial charge in [-0.3, -0.25) is 0 Å². The number of aromatic nitrogens is 1. The molecule has 4 rings (SSSR count). The first-order valence-corrected chi connectivity index (χ1v) is 9.95. The van der Waals surface area contributed by atoms with Crippen molar-refractivity contribution in [3.8, 4) is 11.1 Å². The van der Waals surface area contributed by atoms with E-state index < -0.39 is 17.9 Å². The summed E-state index contributed by atoms with van der Waals surface area (Å²) in [5, 5.41) is 10.8. The van der Waals surface area contributed by atoms with Crippen molar-refractivity contribution in [2.75, 3.05) is 19.1 Å². The van der Waals surface area contributed by atoms with Gasteiger partial charge in [-0.25, -0.2) is 14.4 Å². The molecule has 0 bridgehead atoms. The number of nitrogens with zero attached hydrogens (tertiary/aromatic N) is 1. The van der Waals surface area contributed by atoms with E-state index in [-0.39, 0.29) is 22.5 Å². The molecule has 0 saturated heterocycles. The molecule has 1 aliphatic rings. The van der Waals surface area contributed by atoms with Crippen molar-refractivity contribution in [3.05, 3.63) is 89.9 Å². The summed E-state index contributed by atoms with van der Waals surface area (Å²) in [6.07, 6.45) is 7.88. The third-order valence-electron chi connectivity index (χ3n) is 5.28. The number of fused-ring (bicyclic) bond motifs is 1. The molecule has 166 valence electrons. The smallest absolute Gasteiger partial charge is 0.355 e. The number of carboxylic acids is 1. The van der Waals surface area contributed by atoms with Crippen molar-refractivity contribution in [3.63, 3.8) is 0 Å². The van der Waals surface area contributed by atoms with E-state index >= 15 is 0 Å². The number of esters is 2. The maximum atomic E-state index is 12.8. The molecule has 8 nitrogen and oxygen atoms in total. The van der Waals surface area contributed by atoms with Gasteiger partial charge in [0.25, 0.3) is 0 Å². The number of allylic oxidation sites excluding steroid dienone is 2. The van der Waals surface area contributed by atoms with Crippen LogP contribution in [0.2, 0.25) is 0 Å². The molecule has 0 unspecified atom stereocenters. The highest BCUT2D eigenvalue weighted by Crippen LogP contribution is 2.35. The number of rotatable bonds is 5.